The van der Waals surface area contributed by atoms with Gasteiger partial charge in [0.1, 0.15) is 17.1 Å². The molecule has 3 aromatic heterocycles. The fourth-order valence-corrected chi connectivity index (χ4v) is 6.00. The second kappa shape index (κ2) is 11.2. The van der Waals surface area contributed by atoms with Crippen molar-refractivity contribution >= 4 is 21.1 Å². The number of rotatable bonds is 9. The molecule has 1 aliphatic heterocycles. The third-order valence-corrected chi connectivity index (χ3v) is 8.51. The molecule has 4 heterocycles. The van der Waals surface area contributed by atoms with E-state index in [1.54, 1.807) is 35.3 Å². The van der Waals surface area contributed by atoms with E-state index in [0.717, 1.165) is 12.8 Å². The van der Waals surface area contributed by atoms with Crippen molar-refractivity contribution in [3.05, 3.63) is 52.7 Å². The Labute approximate surface area is 226 Å². The molecule has 0 saturated carbocycles. The number of H-pyrrole nitrogens is 1. The number of ether oxygens (including phenoxy) is 1. The van der Waals surface area contributed by atoms with Crippen LogP contribution in [0.25, 0.3) is 28.4 Å². The maximum atomic E-state index is 13.5. The number of aromatic amines is 1. The Morgan fingerprint density at radius 3 is 2.46 bits per heavy atom. The average Bonchev–Trinajstić information content (AvgIpc) is 3.31. The number of aryl methyl sites for hydroxylation is 1. The van der Waals surface area contributed by atoms with Crippen molar-refractivity contribution in [2.24, 2.45) is 0 Å². The predicted molar refractivity (Wildman–Crippen MR) is 147 cm³/mol. The minimum atomic E-state index is -3.76. The summed E-state index contributed by atoms with van der Waals surface area (Å²) in [7, 11) is -1.79. The van der Waals surface area contributed by atoms with E-state index in [9.17, 15) is 13.2 Å². The summed E-state index contributed by atoms with van der Waals surface area (Å²) in [5.74, 6) is 0.986. The first-order valence-corrected chi connectivity index (χ1v) is 14.5. The summed E-state index contributed by atoms with van der Waals surface area (Å²) in [6, 6.07) is 6.42. The van der Waals surface area contributed by atoms with E-state index in [-0.39, 0.29) is 16.2 Å². The third kappa shape index (κ3) is 5.29. The number of sulfonamides is 1. The van der Waals surface area contributed by atoms with Crippen LogP contribution in [0.2, 0.25) is 0 Å². The zero-order valence-corrected chi connectivity index (χ0v) is 23.1. The molecule has 39 heavy (non-hydrogen) atoms. The zero-order valence-electron chi connectivity index (χ0n) is 22.3. The van der Waals surface area contributed by atoms with Crippen LogP contribution in [0.4, 0.5) is 0 Å². The van der Waals surface area contributed by atoms with Crippen molar-refractivity contribution < 1.29 is 13.2 Å². The Morgan fingerprint density at radius 2 is 1.77 bits per heavy atom. The lowest BCUT2D eigenvalue weighted by atomic mass is 10.1. The van der Waals surface area contributed by atoms with E-state index in [1.807, 2.05) is 20.9 Å². The van der Waals surface area contributed by atoms with E-state index >= 15 is 0 Å². The molecule has 1 fully saturated rings. The maximum Gasteiger partial charge on any atom is 0.279 e. The molecule has 0 atom stereocenters. The molecule has 0 radical (unpaired) electrons. The van der Waals surface area contributed by atoms with Gasteiger partial charge in [-0.1, -0.05) is 20.3 Å². The molecule has 1 aliphatic rings. The smallest absolute Gasteiger partial charge is 0.279 e. The number of nitrogens with zero attached hydrogens (tertiary/aromatic N) is 7. The third-order valence-electron chi connectivity index (χ3n) is 6.62. The lowest BCUT2D eigenvalue weighted by Gasteiger charge is -2.31. The van der Waals surface area contributed by atoms with Gasteiger partial charge < -0.3 is 14.6 Å². The minimum absolute atomic E-state index is 0.121. The van der Waals surface area contributed by atoms with Crippen molar-refractivity contribution in [2.75, 3.05) is 39.8 Å². The molecule has 0 spiro atoms. The van der Waals surface area contributed by atoms with Crippen molar-refractivity contribution in [2.45, 2.75) is 38.0 Å². The van der Waals surface area contributed by atoms with E-state index in [4.69, 9.17) is 9.72 Å². The van der Waals surface area contributed by atoms with E-state index < -0.39 is 15.6 Å². The number of likely N-dealkylation sites (N-methyl/N-ethyl adjacent to an activating group) is 1. The molecule has 0 unspecified atom stereocenters. The number of benzene rings is 1. The van der Waals surface area contributed by atoms with Gasteiger partial charge in [-0.25, -0.2) is 23.4 Å². The van der Waals surface area contributed by atoms with Crippen LogP contribution in [0.15, 0.2) is 46.3 Å². The molecule has 1 N–H and O–H groups in total. The van der Waals surface area contributed by atoms with Gasteiger partial charge in [-0.15, -0.1) is 0 Å². The van der Waals surface area contributed by atoms with Gasteiger partial charge in [-0.05, 0) is 44.2 Å². The first kappa shape index (κ1) is 26.9. The lowest BCUT2D eigenvalue weighted by molar-refractivity contribution is 0.222. The molecule has 5 rings (SSSR count). The van der Waals surface area contributed by atoms with Gasteiger partial charge in [0, 0.05) is 38.6 Å². The summed E-state index contributed by atoms with van der Waals surface area (Å²) >= 11 is 0. The fraction of sp³-hybridized carbons (Fsp3) is 0.423. The van der Waals surface area contributed by atoms with E-state index in [1.165, 1.54) is 10.4 Å². The Morgan fingerprint density at radius 1 is 1.03 bits per heavy atom. The second-order valence-electron chi connectivity index (χ2n) is 9.48. The van der Waals surface area contributed by atoms with Gasteiger partial charge in [0.25, 0.3) is 11.5 Å². The summed E-state index contributed by atoms with van der Waals surface area (Å²) in [5.41, 5.74) is 1.21. The number of aromatic nitrogens is 6. The SMILES string of the molecule is CCCOc1ccc(S(=O)(=O)N2CCN(C)CC2)cc1-c1nc2c(CCC)n(-c3ncccn3)nc2c(=O)[nH]1. The predicted octanol–water partition coefficient (Wildman–Crippen LogP) is 2.24. The molecule has 206 valence electrons. The molecular weight excluding hydrogens is 520 g/mol. The highest BCUT2D eigenvalue weighted by molar-refractivity contribution is 7.89. The Kier molecular flexibility index (Phi) is 7.73. The first-order chi connectivity index (χ1) is 18.8. The van der Waals surface area contributed by atoms with Gasteiger partial charge in [0.05, 0.1) is 22.8 Å². The number of fused-ring (bicyclic) bond motifs is 1. The molecule has 0 aliphatic carbocycles. The highest BCUT2D eigenvalue weighted by Crippen LogP contribution is 2.32. The van der Waals surface area contributed by atoms with Gasteiger partial charge in [0.2, 0.25) is 10.0 Å². The molecule has 0 bridgehead atoms. The molecule has 1 aromatic carbocycles. The summed E-state index contributed by atoms with van der Waals surface area (Å²) in [5, 5.41) is 4.48. The van der Waals surface area contributed by atoms with Crippen LogP contribution in [0.1, 0.15) is 32.4 Å². The highest BCUT2D eigenvalue weighted by atomic mass is 32.2. The monoisotopic (exact) mass is 552 g/mol. The van der Waals surface area contributed by atoms with Gasteiger partial charge in [-0.3, -0.25) is 4.79 Å². The Balaban J connectivity index is 1.66. The summed E-state index contributed by atoms with van der Waals surface area (Å²) in [6.45, 7) is 6.56. The molecule has 4 aromatic rings. The van der Waals surface area contributed by atoms with Crippen LogP contribution in [0.3, 0.4) is 0 Å². The normalized spacial score (nSPS) is 15.2. The number of hydrogen-bond donors (Lipinski definition) is 1. The highest BCUT2D eigenvalue weighted by Gasteiger charge is 2.29. The largest absolute Gasteiger partial charge is 0.493 e. The minimum Gasteiger partial charge on any atom is -0.493 e. The molecule has 1 saturated heterocycles. The molecular formula is C26H32N8O4S. The van der Waals surface area contributed by atoms with Crippen LogP contribution in [0, 0.1) is 0 Å². The second-order valence-corrected chi connectivity index (χ2v) is 11.4. The van der Waals surface area contributed by atoms with Crippen LogP contribution in [-0.2, 0) is 16.4 Å². The van der Waals surface area contributed by atoms with Crippen molar-refractivity contribution in [1.29, 1.82) is 0 Å². The van der Waals surface area contributed by atoms with Crippen LogP contribution in [0.5, 0.6) is 5.75 Å². The quantitative estimate of drug-likeness (QED) is 0.331. The van der Waals surface area contributed by atoms with Crippen LogP contribution < -0.4 is 10.3 Å². The van der Waals surface area contributed by atoms with Gasteiger partial charge >= 0.3 is 0 Å². The fourth-order valence-electron chi connectivity index (χ4n) is 4.55. The van der Waals surface area contributed by atoms with Crippen molar-refractivity contribution in [3.8, 4) is 23.1 Å². The summed E-state index contributed by atoms with van der Waals surface area (Å²) in [4.78, 5) is 31.7. The Hall–Kier alpha value is -3.68. The summed E-state index contributed by atoms with van der Waals surface area (Å²) < 4.78 is 36.0. The van der Waals surface area contributed by atoms with E-state index in [0.29, 0.717) is 67.7 Å². The first-order valence-electron chi connectivity index (χ1n) is 13.1. The Bertz CT molecular complexity index is 1630. The molecule has 0 amide bonds. The number of nitrogens with one attached hydrogen (secondary N) is 1. The molecule has 12 nitrogen and oxygen atoms in total. The number of piperazine rings is 1. The topological polar surface area (TPSA) is 139 Å². The van der Waals surface area contributed by atoms with Crippen molar-refractivity contribution in [1.82, 2.24) is 38.9 Å². The summed E-state index contributed by atoms with van der Waals surface area (Å²) in [6.07, 6.45) is 5.34. The standard InChI is InChI=1S/C26H32N8O4S/c1-4-7-20-22-23(31-34(20)26-27-10-6-11-28-26)25(35)30-24(29-22)19-17-18(8-9-21(19)38-16-5-2)39(36,37)33-14-12-32(3)13-15-33/h6,8-11,17H,4-5,7,12-16H2,1-3H3,(H,29,30,35). The van der Waals surface area contributed by atoms with Crippen LogP contribution in [-0.4, -0.2) is 87.2 Å². The maximum absolute atomic E-state index is 13.5. The zero-order chi connectivity index (χ0) is 27.6. The van der Waals surface area contributed by atoms with Crippen LogP contribution >= 0.6 is 0 Å². The lowest BCUT2D eigenvalue weighted by Crippen LogP contribution is -2.47. The van der Waals surface area contributed by atoms with Gasteiger partial charge in [-0.2, -0.15) is 14.1 Å². The van der Waals surface area contributed by atoms with Crippen molar-refractivity contribution in [3.63, 3.8) is 0 Å². The average molecular weight is 553 g/mol. The van der Waals surface area contributed by atoms with E-state index in [2.05, 4.69) is 25.0 Å². The number of hydrogen-bond acceptors (Lipinski definition) is 9. The van der Waals surface area contributed by atoms with Gasteiger partial charge in [0.15, 0.2) is 5.52 Å². The molecule has 13 heteroatoms.